The van der Waals surface area contributed by atoms with Crippen LogP contribution in [0.3, 0.4) is 0 Å². The number of nitrogens with two attached hydrogens (primary N) is 1. The van der Waals surface area contributed by atoms with Gasteiger partial charge in [-0.2, -0.15) is 0 Å². The van der Waals surface area contributed by atoms with Gasteiger partial charge in [-0.15, -0.1) is 10.2 Å². The number of nitrogens with one attached hydrogen (secondary N) is 1. The summed E-state index contributed by atoms with van der Waals surface area (Å²) in [6.07, 6.45) is 2.43. The fraction of sp³-hybridized carbons (Fsp3) is 0.526. The highest BCUT2D eigenvalue weighted by molar-refractivity contribution is 7.99. The van der Waals surface area contributed by atoms with E-state index >= 15 is 0 Å². The molecule has 3 rings (SSSR count). The van der Waals surface area contributed by atoms with Crippen LogP contribution in [0.15, 0.2) is 29.4 Å². The summed E-state index contributed by atoms with van der Waals surface area (Å²) >= 11 is 1.27. The van der Waals surface area contributed by atoms with Crippen LogP contribution in [-0.2, 0) is 16.8 Å². The number of aromatic nitrogens is 3. The minimum atomic E-state index is -0.00774. The zero-order chi connectivity index (χ0) is 19.4. The molecule has 1 aliphatic carbocycles. The van der Waals surface area contributed by atoms with E-state index in [0.717, 1.165) is 12.3 Å². The molecule has 0 bridgehead atoms. The van der Waals surface area contributed by atoms with Crippen molar-refractivity contribution in [2.24, 2.45) is 5.92 Å². The number of nitrogen functional groups attached to an aromatic ring is 1. The lowest BCUT2D eigenvalue weighted by atomic mass is 9.87. The molecule has 0 saturated heterocycles. The SMILES string of the molecule is CC(C)(C)c1ccc(OCc2nnc(SCC(=O)NCC3CC3)n2N)cc1. The molecular formula is C19H27N5O2S. The molecule has 8 heteroatoms. The molecule has 27 heavy (non-hydrogen) atoms. The number of rotatable bonds is 8. The van der Waals surface area contributed by atoms with Gasteiger partial charge in [0.15, 0.2) is 5.82 Å². The minimum absolute atomic E-state index is 0.00774. The van der Waals surface area contributed by atoms with Gasteiger partial charge in [-0.05, 0) is 41.9 Å². The van der Waals surface area contributed by atoms with Crippen molar-refractivity contribution in [3.63, 3.8) is 0 Å². The minimum Gasteiger partial charge on any atom is -0.486 e. The number of hydrogen-bond donors (Lipinski definition) is 2. The second-order valence-corrected chi connectivity index (χ2v) is 8.81. The van der Waals surface area contributed by atoms with E-state index in [4.69, 9.17) is 10.6 Å². The Bertz CT molecular complexity index is 778. The maximum Gasteiger partial charge on any atom is 0.230 e. The highest BCUT2D eigenvalue weighted by atomic mass is 32.2. The molecule has 0 atom stereocenters. The number of carbonyl (C=O) groups excluding carboxylic acids is 1. The molecule has 1 heterocycles. The summed E-state index contributed by atoms with van der Waals surface area (Å²) in [6.45, 7) is 7.50. The van der Waals surface area contributed by atoms with Gasteiger partial charge in [-0.25, -0.2) is 4.68 Å². The van der Waals surface area contributed by atoms with Crippen molar-refractivity contribution < 1.29 is 9.53 Å². The van der Waals surface area contributed by atoms with Crippen molar-refractivity contribution in [1.29, 1.82) is 0 Å². The van der Waals surface area contributed by atoms with Crippen LogP contribution in [-0.4, -0.2) is 33.1 Å². The van der Waals surface area contributed by atoms with Gasteiger partial charge in [0.2, 0.25) is 11.1 Å². The Hall–Kier alpha value is -2.22. The molecule has 1 aromatic carbocycles. The van der Waals surface area contributed by atoms with Crippen molar-refractivity contribution in [3.8, 4) is 5.75 Å². The van der Waals surface area contributed by atoms with Crippen LogP contribution >= 0.6 is 11.8 Å². The summed E-state index contributed by atoms with van der Waals surface area (Å²) in [5.41, 5.74) is 1.35. The maximum absolute atomic E-state index is 11.8. The molecule has 1 aromatic heterocycles. The zero-order valence-corrected chi connectivity index (χ0v) is 16.9. The molecule has 1 saturated carbocycles. The molecule has 1 fully saturated rings. The number of ether oxygens (including phenoxy) is 1. The van der Waals surface area contributed by atoms with Gasteiger partial charge in [0, 0.05) is 6.54 Å². The third-order valence-corrected chi connectivity index (χ3v) is 5.38. The molecule has 0 spiro atoms. The molecule has 0 radical (unpaired) electrons. The van der Waals surface area contributed by atoms with Gasteiger partial charge in [0.1, 0.15) is 12.4 Å². The Kier molecular flexibility index (Phi) is 5.94. The third kappa shape index (κ3) is 5.63. The Morgan fingerprint density at radius 3 is 2.63 bits per heavy atom. The number of nitrogens with zero attached hydrogens (tertiary/aromatic N) is 3. The first kappa shape index (κ1) is 19.5. The highest BCUT2D eigenvalue weighted by Gasteiger charge is 2.22. The largest absolute Gasteiger partial charge is 0.486 e. The molecule has 3 N–H and O–H groups in total. The Morgan fingerprint density at radius 2 is 2.00 bits per heavy atom. The Morgan fingerprint density at radius 1 is 1.30 bits per heavy atom. The van der Waals surface area contributed by atoms with Crippen LogP contribution in [0.1, 0.15) is 45.0 Å². The first-order valence-corrected chi connectivity index (χ1v) is 10.1. The van der Waals surface area contributed by atoms with E-state index in [1.807, 2.05) is 12.1 Å². The second kappa shape index (κ2) is 8.21. The van der Waals surface area contributed by atoms with Crippen molar-refractivity contribution in [2.45, 2.75) is 50.8 Å². The van der Waals surface area contributed by atoms with Gasteiger partial charge in [-0.1, -0.05) is 44.7 Å². The summed E-state index contributed by atoms with van der Waals surface area (Å²) < 4.78 is 7.14. The third-order valence-electron chi connectivity index (χ3n) is 4.44. The predicted molar refractivity (Wildman–Crippen MR) is 106 cm³/mol. The van der Waals surface area contributed by atoms with Crippen LogP contribution in [0.5, 0.6) is 5.75 Å². The molecule has 146 valence electrons. The summed E-state index contributed by atoms with van der Waals surface area (Å²) in [4.78, 5) is 11.8. The van der Waals surface area contributed by atoms with Gasteiger partial charge in [-0.3, -0.25) is 4.79 Å². The van der Waals surface area contributed by atoms with E-state index in [1.54, 1.807) is 0 Å². The number of thioether (sulfide) groups is 1. The Labute approximate surface area is 164 Å². The van der Waals surface area contributed by atoms with E-state index in [0.29, 0.717) is 16.9 Å². The van der Waals surface area contributed by atoms with Crippen LogP contribution in [0.2, 0.25) is 0 Å². The van der Waals surface area contributed by atoms with Crippen molar-refractivity contribution in [3.05, 3.63) is 35.7 Å². The topological polar surface area (TPSA) is 95.1 Å². The summed E-state index contributed by atoms with van der Waals surface area (Å²) in [5, 5.41) is 11.5. The molecular weight excluding hydrogens is 362 g/mol. The first-order valence-electron chi connectivity index (χ1n) is 9.15. The lowest BCUT2D eigenvalue weighted by molar-refractivity contribution is -0.118. The average Bonchev–Trinajstić information content (AvgIpc) is 3.39. The van der Waals surface area contributed by atoms with Crippen molar-refractivity contribution in [1.82, 2.24) is 20.2 Å². The Balaban J connectivity index is 1.48. The lowest BCUT2D eigenvalue weighted by Crippen LogP contribution is -2.27. The molecule has 1 amide bonds. The fourth-order valence-corrected chi connectivity index (χ4v) is 3.17. The van der Waals surface area contributed by atoms with E-state index in [2.05, 4.69) is 48.4 Å². The number of amides is 1. The summed E-state index contributed by atoms with van der Waals surface area (Å²) in [5.74, 6) is 8.22. The van der Waals surface area contributed by atoms with Gasteiger partial charge < -0.3 is 15.9 Å². The maximum atomic E-state index is 11.8. The van der Waals surface area contributed by atoms with Gasteiger partial charge in [0.05, 0.1) is 5.75 Å². The molecule has 0 aliphatic heterocycles. The average molecular weight is 390 g/mol. The lowest BCUT2D eigenvalue weighted by Gasteiger charge is -2.19. The number of benzene rings is 1. The molecule has 7 nitrogen and oxygen atoms in total. The molecule has 1 aliphatic rings. The normalized spacial score (nSPS) is 14.2. The fourth-order valence-electron chi connectivity index (χ4n) is 2.46. The van der Waals surface area contributed by atoms with Crippen LogP contribution in [0.25, 0.3) is 0 Å². The number of hydrogen-bond acceptors (Lipinski definition) is 6. The highest BCUT2D eigenvalue weighted by Crippen LogP contribution is 2.27. The van der Waals surface area contributed by atoms with Crippen molar-refractivity contribution in [2.75, 3.05) is 18.1 Å². The molecule has 0 unspecified atom stereocenters. The van der Waals surface area contributed by atoms with E-state index < -0.39 is 0 Å². The van der Waals surface area contributed by atoms with E-state index in [-0.39, 0.29) is 23.7 Å². The second-order valence-electron chi connectivity index (χ2n) is 7.87. The van der Waals surface area contributed by atoms with Crippen LogP contribution < -0.4 is 15.9 Å². The summed E-state index contributed by atoms with van der Waals surface area (Å²) in [6, 6.07) is 8.00. The van der Waals surface area contributed by atoms with Gasteiger partial charge in [0.25, 0.3) is 0 Å². The van der Waals surface area contributed by atoms with Gasteiger partial charge >= 0.3 is 0 Å². The number of carbonyl (C=O) groups is 1. The van der Waals surface area contributed by atoms with E-state index in [1.165, 1.54) is 34.8 Å². The predicted octanol–water partition coefficient (Wildman–Crippen LogP) is 2.49. The molecule has 2 aromatic rings. The standard InChI is InChI=1S/C19H27N5O2S/c1-19(2,3)14-6-8-15(9-7-14)26-11-16-22-23-18(24(16)20)27-12-17(25)21-10-13-4-5-13/h6-9,13H,4-5,10-12,20H2,1-3H3,(H,21,25). The van der Waals surface area contributed by atoms with Crippen LogP contribution in [0, 0.1) is 5.92 Å². The quantitative estimate of drug-likeness (QED) is 0.532. The van der Waals surface area contributed by atoms with Crippen LogP contribution in [0.4, 0.5) is 0 Å². The zero-order valence-electron chi connectivity index (χ0n) is 16.1. The van der Waals surface area contributed by atoms with Crippen molar-refractivity contribution >= 4 is 17.7 Å². The first-order chi connectivity index (χ1) is 12.8. The summed E-state index contributed by atoms with van der Waals surface area (Å²) in [7, 11) is 0. The monoisotopic (exact) mass is 389 g/mol. The smallest absolute Gasteiger partial charge is 0.230 e. The van der Waals surface area contributed by atoms with E-state index in [9.17, 15) is 4.79 Å².